The number of aliphatic hydroxyl groups excluding tert-OH is 9. The molecule has 3 saturated heterocycles. The molecule has 3 aliphatic rings. The van der Waals surface area contributed by atoms with Crippen molar-refractivity contribution in [3.05, 3.63) is 0 Å². The van der Waals surface area contributed by atoms with Gasteiger partial charge in [0.2, 0.25) is 0 Å². The molecule has 0 spiro atoms. The molecule has 0 saturated carbocycles. The summed E-state index contributed by atoms with van der Waals surface area (Å²) in [5.74, 6) is -1.69. The summed E-state index contributed by atoms with van der Waals surface area (Å²) >= 11 is 0. The van der Waals surface area contributed by atoms with Gasteiger partial charge in [-0.1, -0.05) is 0 Å². The first-order valence-corrected chi connectivity index (χ1v) is 10.00. The Kier molecular flexibility index (Phi) is 8.57. The van der Waals surface area contributed by atoms with Crippen molar-refractivity contribution in [2.45, 2.75) is 86.0 Å². The molecule has 0 amide bonds. The van der Waals surface area contributed by atoms with Crippen LogP contribution in [0, 0.1) is 0 Å². The summed E-state index contributed by atoms with van der Waals surface area (Å²) < 4.78 is 26.0. The molecule has 0 aromatic carbocycles. The van der Waals surface area contributed by atoms with E-state index in [2.05, 4.69) is 0 Å². The molecule has 0 aromatic heterocycles. The number of ether oxygens (including phenoxy) is 5. The van der Waals surface area contributed by atoms with E-state index in [9.17, 15) is 55.9 Å². The van der Waals surface area contributed by atoms with Gasteiger partial charge in [0.1, 0.15) is 61.0 Å². The maximum Gasteiger partial charge on any atom is 0.335 e. The summed E-state index contributed by atoms with van der Waals surface area (Å²) in [5.41, 5.74) is 0. The van der Waals surface area contributed by atoms with Crippen LogP contribution in [-0.4, -0.2) is 156 Å². The van der Waals surface area contributed by atoms with Crippen LogP contribution in [0.4, 0.5) is 0 Å². The Morgan fingerprint density at radius 3 is 1.58 bits per heavy atom. The van der Waals surface area contributed by atoms with Crippen molar-refractivity contribution in [3.8, 4) is 0 Å². The van der Waals surface area contributed by atoms with E-state index in [1.54, 1.807) is 0 Å². The Morgan fingerprint density at radius 1 is 0.636 bits per heavy atom. The van der Waals surface area contributed by atoms with Gasteiger partial charge in [0.05, 0.1) is 13.2 Å². The molecule has 3 heterocycles. The number of aliphatic hydroxyl groups is 9. The molecule has 0 bridgehead atoms. The van der Waals surface area contributed by atoms with Crippen LogP contribution in [0.2, 0.25) is 0 Å². The number of hydrogen-bond donors (Lipinski definition) is 10. The minimum Gasteiger partial charge on any atom is -0.479 e. The Morgan fingerprint density at radius 2 is 1.09 bits per heavy atom. The van der Waals surface area contributed by atoms with Gasteiger partial charge < -0.3 is 74.7 Å². The number of carboxylic acids is 1. The van der Waals surface area contributed by atoms with Crippen LogP contribution < -0.4 is 0 Å². The minimum atomic E-state index is -2.12. The van der Waals surface area contributed by atoms with Crippen molar-refractivity contribution < 1.29 is 79.5 Å². The predicted octanol–water partition coefficient (Wildman–Crippen LogP) is -6.84. The lowest BCUT2D eigenvalue weighted by Gasteiger charge is -2.46. The van der Waals surface area contributed by atoms with Gasteiger partial charge in [-0.25, -0.2) is 4.79 Å². The van der Waals surface area contributed by atoms with E-state index in [0.29, 0.717) is 0 Å². The third-order valence-electron chi connectivity index (χ3n) is 5.71. The van der Waals surface area contributed by atoms with E-state index < -0.39 is 105 Å². The molecule has 16 heteroatoms. The normalized spacial score (nSPS) is 50.9. The van der Waals surface area contributed by atoms with Gasteiger partial charge in [-0.15, -0.1) is 0 Å². The predicted molar refractivity (Wildman–Crippen MR) is 95.8 cm³/mol. The van der Waals surface area contributed by atoms with Crippen LogP contribution in [0.25, 0.3) is 0 Å². The maximum atomic E-state index is 11.4. The van der Waals surface area contributed by atoms with Gasteiger partial charge in [-0.2, -0.15) is 0 Å². The first kappa shape index (κ1) is 26.5. The molecule has 3 rings (SSSR count). The topological polar surface area (TPSA) is 266 Å². The first-order valence-electron chi connectivity index (χ1n) is 10.00. The summed E-state index contributed by atoms with van der Waals surface area (Å²) in [6.07, 6.45) is -24.9. The Balaban J connectivity index is 1.83. The molecule has 192 valence electrons. The first-order chi connectivity index (χ1) is 15.5. The number of carboxylic acid groups (broad SMARTS) is 1. The molecule has 0 aliphatic carbocycles. The Labute approximate surface area is 185 Å². The smallest absolute Gasteiger partial charge is 0.335 e. The van der Waals surface area contributed by atoms with Crippen LogP contribution in [0.3, 0.4) is 0 Å². The fraction of sp³-hybridized carbons (Fsp3) is 0.941. The van der Waals surface area contributed by atoms with Crippen LogP contribution in [-0.2, 0) is 28.5 Å². The molecule has 0 aromatic rings. The van der Waals surface area contributed by atoms with Crippen LogP contribution in [0.15, 0.2) is 0 Å². The zero-order chi connectivity index (χ0) is 24.6. The summed E-state index contributed by atoms with van der Waals surface area (Å²) in [6.45, 7) is -1.50. The fourth-order valence-electron chi connectivity index (χ4n) is 3.81. The number of hydrogen-bond acceptors (Lipinski definition) is 15. The minimum absolute atomic E-state index is 0.709. The largest absolute Gasteiger partial charge is 0.479 e. The average Bonchev–Trinajstić information content (AvgIpc) is 3.05. The molecule has 14 atom stereocenters. The summed E-state index contributed by atoms with van der Waals surface area (Å²) in [6, 6.07) is 0. The van der Waals surface area contributed by atoms with Gasteiger partial charge >= 0.3 is 5.97 Å². The average molecular weight is 488 g/mol. The van der Waals surface area contributed by atoms with Gasteiger partial charge in [0.25, 0.3) is 0 Å². The molecular formula is C17H28O16. The van der Waals surface area contributed by atoms with Crippen LogP contribution >= 0.6 is 0 Å². The highest BCUT2D eigenvalue weighted by atomic mass is 16.8. The van der Waals surface area contributed by atoms with Crippen molar-refractivity contribution in [2.24, 2.45) is 0 Å². The lowest BCUT2D eigenvalue weighted by molar-refractivity contribution is -0.372. The fourth-order valence-corrected chi connectivity index (χ4v) is 3.81. The van der Waals surface area contributed by atoms with Gasteiger partial charge in [-0.3, -0.25) is 0 Å². The van der Waals surface area contributed by atoms with E-state index in [4.69, 9.17) is 23.7 Å². The second-order valence-electron chi connectivity index (χ2n) is 7.88. The lowest BCUT2D eigenvalue weighted by Crippen LogP contribution is -2.65. The van der Waals surface area contributed by atoms with Crippen LogP contribution in [0.5, 0.6) is 0 Å². The van der Waals surface area contributed by atoms with Crippen molar-refractivity contribution in [2.75, 3.05) is 13.2 Å². The maximum absolute atomic E-state index is 11.4. The highest BCUT2D eigenvalue weighted by molar-refractivity contribution is 5.73. The second-order valence-corrected chi connectivity index (χ2v) is 7.88. The number of rotatable bonds is 7. The number of aliphatic carboxylic acids is 1. The van der Waals surface area contributed by atoms with E-state index in [-0.39, 0.29) is 0 Å². The Bertz CT molecular complexity index is 663. The van der Waals surface area contributed by atoms with Crippen molar-refractivity contribution >= 4 is 5.97 Å². The zero-order valence-electron chi connectivity index (χ0n) is 16.9. The molecule has 10 N–H and O–H groups in total. The third kappa shape index (κ3) is 5.14. The van der Waals surface area contributed by atoms with Crippen molar-refractivity contribution in [3.63, 3.8) is 0 Å². The lowest BCUT2D eigenvalue weighted by atomic mass is 9.97. The van der Waals surface area contributed by atoms with Crippen molar-refractivity contribution in [1.82, 2.24) is 0 Å². The summed E-state index contributed by atoms with van der Waals surface area (Å²) in [5, 5.41) is 98.5. The molecule has 8 unspecified atom stereocenters. The highest BCUT2D eigenvalue weighted by Gasteiger charge is 2.55. The monoisotopic (exact) mass is 488 g/mol. The molecule has 33 heavy (non-hydrogen) atoms. The van der Waals surface area contributed by atoms with E-state index in [1.807, 2.05) is 0 Å². The molecule has 0 radical (unpaired) electrons. The standard InChI is InChI=1S/C17H28O16/c18-1-3-5(20)7(22)9(24)17(29-3)33-13-11(10(25)12(14(26)27)31-15(13)28)32-16-8(23)6(21)4(2-19)30-16/h3-13,15-25,28H,1-2H2,(H,26,27)/t3?,4-,5-,6?,7?,8?,9?,10-,11?,12?,13?,15+,16-,17-/m0/s1. The molecule has 16 nitrogen and oxygen atoms in total. The van der Waals surface area contributed by atoms with Gasteiger partial charge in [0.15, 0.2) is 25.0 Å². The summed E-state index contributed by atoms with van der Waals surface area (Å²) in [4.78, 5) is 11.4. The molecule has 3 aliphatic heterocycles. The second kappa shape index (κ2) is 10.7. The Hall–Kier alpha value is -1.09. The third-order valence-corrected chi connectivity index (χ3v) is 5.71. The summed E-state index contributed by atoms with van der Waals surface area (Å²) in [7, 11) is 0. The van der Waals surface area contributed by atoms with Crippen LogP contribution in [0.1, 0.15) is 0 Å². The van der Waals surface area contributed by atoms with Crippen molar-refractivity contribution in [1.29, 1.82) is 0 Å². The quantitative estimate of drug-likeness (QED) is 0.159. The molecule has 3 fully saturated rings. The van der Waals surface area contributed by atoms with E-state index in [1.165, 1.54) is 0 Å². The van der Waals surface area contributed by atoms with Gasteiger partial charge in [-0.05, 0) is 0 Å². The zero-order valence-corrected chi connectivity index (χ0v) is 16.9. The SMILES string of the molecule is O=C(O)C1O[C@@H](O)C(O[C@@H]2OC(CO)[C@H](O)C(O)C2O)C(O[C@@H]2O[C@@H](CO)C(O)C2O)[C@@H]1O. The van der Waals surface area contributed by atoms with Gasteiger partial charge in [0, 0.05) is 0 Å². The van der Waals surface area contributed by atoms with E-state index in [0.717, 1.165) is 0 Å². The highest BCUT2D eigenvalue weighted by Crippen LogP contribution is 2.33. The van der Waals surface area contributed by atoms with E-state index >= 15 is 0 Å². The number of carbonyl (C=O) groups is 1. The molecular weight excluding hydrogens is 460 g/mol.